The van der Waals surface area contributed by atoms with Crippen LogP contribution in [0, 0.1) is 11.3 Å². The Bertz CT molecular complexity index is 1150. The maximum absolute atomic E-state index is 12.7. The molecule has 1 aliphatic heterocycles. The predicted octanol–water partition coefficient (Wildman–Crippen LogP) is 3.02. The normalized spacial score (nSPS) is 15.9. The van der Waals surface area contributed by atoms with Crippen LogP contribution in [-0.2, 0) is 0 Å². The second-order valence-electron chi connectivity index (χ2n) is 5.83. The summed E-state index contributed by atoms with van der Waals surface area (Å²) in [6.45, 7) is 0. The average Bonchev–Trinajstić information content (AvgIpc) is 2.67. The number of nitrogens with zero attached hydrogens (tertiary/aromatic N) is 1. The molecule has 128 valence electrons. The Labute approximate surface area is 148 Å². The largest absolute Gasteiger partial charge is 0.497 e. The van der Waals surface area contributed by atoms with Gasteiger partial charge in [0.1, 0.15) is 23.0 Å². The Hall–Kier alpha value is -3.72. The van der Waals surface area contributed by atoms with Crippen molar-refractivity contribution < 1.29 is 13.9 Å². The van der Waals surface area contributed by atoms with Crippen LogP contribution in [0.2, 0.25) is 0 Å². The third-order valence-corrected chi connectivity index (χ3v) is 4.40. The molecule has 1 aromatic heterocycles. The van der Waals surface area contributed by atoms with E-state index in [1.54, 1.807) is 43.5 Å². The van der Waals surface area contributed by atoms with Crippen molar-refractivity contribution in [1.29, 1.82) is 5.26 Å². The minimum absolute atomic E-state index is 0.0245. The summed E-state index contributed by atoms with van der Waals surface area (Å²) in [5.74, 6) is 0.209. The molecule has 26 heavy (non-hydrogen) atoms. The van der Waals surface area contributed by atoms with E-state index in [0.29, 0.717) is 28.0 Å². The molecular formula is C20H14N2O4. The number of benzene rings is 2. The van der Waals surface area contributed by atoms with E-state index in [1.165, 1.54) is 0 Å². The van der Waals surface area contributed by atoms with Crippen molar-refractivity contribution in [2.75, 3.05) is 7.11 Å². The number of methoxy groups -OCH3 is 1. The van der Waals surface area contributed by atoms with Crippen molar-refractivity contribution in [1.82, 2.24) is 0 Å². The molecule has 6 heteroatoms. The van der Waals surface area contributed by atoms with Crippen LogP contribution < -0.4 is 20.8 Å². The van der Waals surface area contributed by atoms with Crippen LogP contribution in [0.15, 0.2) is 69.2 Å². The summed E-state index contributed by atoms with van der Waals surface area (Å²) in [5.41, 5.74) is 6.95. The highest BCUT2D eigenvalue weighted by Crippen LogP contribution is 2.43. The molecule has 4 rings (SSSR count). The predicted molar refractivity (Wildman–Crippen MR) is 94.8 cm³/mol. The molecule has 2 heterocycles. The summed E-state index contributed by atoms with van der Waals surface area (Å²) in [5, 5.41) is 10.2. The van der Waals surface area contributed by atoms with Crippen molar-refractivity contribution >= 4 is 11.0 Å². The summed E-state index contributed by atoms with van der Waals surface area (Å²) in [6.07, 6.45) is 0. The molecule has 0 bridgehead atoms. The standard InChI is InChI=1S/C20H14N2O4/c1-24-12-6-4-5-11(9-12)16-14(10-21)19(22)26-18-13-7-2-3-8-15(13)25-20(23)17(16)18/h2-9,16H,22H2,1H3/t16-/m0/s1. The molecule has 0 spiro atoms. The van der Waals surface area contributed by atoms with Gasteiger partial charge in [0.25, 0.3) is 0 Å². The maximum Gasteiger partial charge on any atom is 0.344 e. The van der Waals surface area contributed by atoms with E-state index < -0.39 is 11.5 Å². The Morgan fingerprint density at radius 1 is 1.19 bits per heavy atom. The molecule has 1 aliphatic rings. The summed E-state index contributed by atoms with van der Waals surface area (Å²) in [6, 6.07) is 16.2. The first-order valence-corrected chi connectivity index (χ1v) is 7.91. The number of nitrogens with two attached hydrogens (primary N) is 1. The number of nitriles is 1. The van der Waals surface area contributed by atoms with Gasteiger partial charge in [-0.15, -0.1) is 0 Å². The molecule has 0 fully saturated rings. The van der Waals surface area contributed by atoms with Crippen LogP contribution in [0.25, 0.3) is 11.0 Å². The third kappa shape index (κ3) is 2.30. The SMILES string of the molecule is COc1cccc([C@H]2C(C#N)=C(N)Oc3c2c(=O)oc2ccccc32)c1. The number of hydrogen-bond donors (Lipinski definition) is 1. The third-order valence-electron chi connectivity index (χ3n) is 4.40. The molecule has 0 unspecified atom stereocenters. The van der Waals surface area contributed by atoms with Gasteiger partial charge in [0, 0.05) is 0 Å². The molecule has 0 saturated heterocycles. The molecule has 0 saturated carbocycles. The number of para-hydroxylation sites is 1. The van der Waals surface area contributed by atoms with Gasteiger partial charge in [-0.2, -0.15) is 5.26 Å². The highest BCUT2D eigenvalue weighted by atomic mass is 16.5. The van der Waals surface area contributed by atoms with Gasteiger partial charge in [0.15, 0.2) is 5.75 Å². The van der Waals surface area contributed by atoms with Gasteiger partial charge >= 0.3 is 5.63 Å². The van der Waals surface area contributed by atoms with E-state index >= 15 is 0 Å². The second-order valence-corrected chi connectivity index (χ2v) is 5.83. The van der Waals surface area contributed by atoms with Gasteiger partial charge in [-0.1, -0.05) is 24.3 Å². The molecule has 1 atom stereocenters. The topological polar surface area (TPSA) is 98.5 Å². The molecule has 2 aromatic carbocycles. The fourth-order valence-corrected chi connectivity index (χ4v) is 3.22. The summed E-state index contributed by atoms with van der Waals surface area (Å²) >= 11 is 0. The Kier molecular flexibility index (Phi) is 3.63. The highest BCUT2D eigenvalue weighted by molar-refractivity contribution is 5.86. The second kappa shape index (κ2) is 5.97. The van der Waals surface area contributed by atoms with Crippen molar-refractivity contribution in [2.45, 2.75) is 5.92 Å². The van der Waals surface area contributed by atoms with E-state index in [2.05, 4.69) is 6.07 Å². The van der Waals surface area contributed by atoms with Crippen molar-refractivity contribution in [3.05, 3.63) is 81.5 Å². The van der Waals surface area contributed by atoms with Gasteiger partial charge in [-0.05, 0) is 29.8 Å². The van der Waals surface area contributed by atoms with Gasteiger partial charge in [0.05, 0.1) is 24.0 Å². The van der Waals surface area contributed by atoms with E-state index in [4.69, 9.17) is 19.6 Å². The molecule has 0 radical (unpaired) electrons. The van der Waals surface area contributed by atoms with E-state index in [0.717, 1.165) is 0 Å². The smallest absolute Gasteiger partial charge is 0.344 e. The number of ether oxygens (including phenoxy) is 2. The van der Waals surface area contributed by atoms with Crippen LogP contribution in [0.3, 0.4) is 0 Å². The molecule has 0 amide bonds. The van der Waals surface area contributed by atoms with Gasteiger partial charge in [-0.25, -0.2) is 4.79 Å². The lowest BCUT2D eigenvalue weighted by molar-refractivity contribution is 0.387. The maximum atomic E-state index is 12.7. The van der Waals surface area contributed by atoms with Crippen LogP contribution >= 0.6 is 0 Å². The van der Waals surface area contributed by atoms with Crippen LogP contribution in [-0.4, -0.2) is 7.11 Å². The van der Waals surface area contributed by atoms with Crippen molar-refractivity contribution in [3.63, 3.8) is 0 Å². The Morgan fingerprint density at radius 2 is 2.00 bits per heavy atom. The monoisotopic (exact) mass is 346 g/mol. The van der Waals surface area contributed by atoms with Crippen molar-refractivity contribution in [3.8, 4) is 17.6 Å². The Balaban J connectivity index is 2.07. The fourth-order valence-electron chi connectivity index (χ4n) is 3.22. The molecular weight excluding hydrogens is 332 g/mol. The lowest BCUT2D eigenvalue weighted by Crippen LogP contribution is -2.26. The number of allylic oxidation sites excluding steroid dienone is 1. The Morgan fingerprint density at radius 3 is 2.77 bits per heavy atom. The van der Waals surface area contributed by atoms with Gasteiger partial charge in [-0.3, -0.25) is 0 Å². The zero-order valence-electron chi connectivity index (χ0n) is 13.9. The lowest BCUT2D eigenvalue weighted by atomic mass is 9.84. The van der Waals surface area contributed by atoms with E-state index in [1.807, 2.05) is 12.1 Å². The summed E-state index contributed by atoms with van der Waals surface area (Å²) in [4.78, 5) is 12.7. The molecule has 6 nitrogen and oxygen atoms in total. The average molecular weight is 346 g/mol. The van der Waals surface area contributed by atoms with Crippen LogP contribution in [0.5, 0.6) is 11.5 Å². The zero-order valence-corrected chi connectivity index (χ0v) is 13.9. The first kappa shape index (κ1) is 15.8. The molecule has 2 N–H and O–H groups in total. The molecule has 3 aromatic rings. The fraction of sp³-hybridized carbons (Fsp3) is 0.100. The van der Waals surface area contributed by atoms with E-state index in [9.17, 15) is 10.1 Å². The first-order valence-electron chi connectivity index (χ1n) is 7.91. The van der Waals surface area contributed by atoms with E-state index in [-0.39, 0.29) is 17.0 Å². The highest BCUT2D eigenvalue weighted by Gasteiger charge is 2.35. The minimum Gasteiger partial charge on any atom is -0.497 e. The number of fused-ring (bicyclic) bond motifs is 3. The molecule has 0 aliphatic carbocycles. The number of hydrogen-bond acceptors (Lipinski definition) is 6. The first-order chi connectivity index (χ1) is 12.6. The quantitative estimate of drug-likeness (QED) is 0.716. The zero-order chi connectivity index (χ0) is 18.3. The van der Waals surface area contributed by atoms with Crippen molar-refractivity contribution in [2.24, 2.45) is 5.73 Å². The van der Waals surface area contributed by atoms with Gasteiger partial charge in [0.2, 0.25) is 5.88 Å². The van der Waals surface area contributed by atoms with Crippen LogP contribution in [0.1, 0.15) is 17.0 Å². The minimum atomic E-state index is -0.695. The summed E-state index contributed by atoms with van der Waals surface area (Å²) < 4.78 is 16.4. The summed E-state index contributed by atoms with van der Waals surface area (Å²) in [7, 11) is 1.55. The van der Waals surface area contributed by atoms with Gasteiger partial charge < -0.3 is 19.6 Å². The van der Waals surface area contributed by atoms with Crippen LogP contribution in [0.4, 0.5) is 0 Å². The lowest BCUT2D eigenvalue weighted by Gasteiger charge is -2.26. The number of rotatable bonds is 2.